The standard InChI is InChI=1S/C14H14ClIN2O/c1-17-13(9-5-6-11(16)10(15)8-9)14-12(19-2)4-3-7-18-14/h3-8,13,17H,1-2H3. The largest absolute Gasteiger partial charge is 0.495 e. The Morgan fingerprint density at radius 1 is 1.37 bits per heavy atom. The molecule has 1 N–H and O–H groups in total. The van der Waals surface area contributed by atoms with Gasteiger partial charge in [0.15, 0.2) is 0 Å². The number of ether oxygens (including phenoxy) is 1. The lowest BCUT2D eigenvalue weighted by molar-refractivity contribution is 0.401. The number of nitrogens with zero attached hydrogens (tertiary/aromatic N) is 1. The second-order valence-corrected chi connectivity index (χ2v) is 5.56. The lowest BCUT2D eigenvalue weighted by Gasteiger charge is -2.19. The monoisotopic (exact) mass is 388 g/mol. The zero-order valence-corrected chi connectivity index (χ0v) is 13.6. The molecule has 100 valence electrons. The first-order valence-electron chi connectivity index (χ1n) is 5.78. The number of benzene rings is 1. The van der Waals surface area contributed by atoms with E-state index in [4.69, 9.17) is 16.3 Å². The molecule has 0 aliphatic heterocycles. The Morgan fingerprint density at radius 2 is 2.16 bits per heavy atom. The van der Waals surface area contributed by atoms with Crippen molar-refractivity contribution in [2.24, 2.45) is 0 Å². The second-order valence-electron chi connectivity index (χ2n) is 3.99. The van der Waals surface area contributed by atoms with Crippen LogP contribution in [0.3, 0.4) is 0 Å². The van der Waals surface area contributed by atoms with E-state index in [9.17, 15) is 0 Å². The quantitative estimate of drug-likeness (QED) is 0.812. The highest BCUT2D eigenvalue weighted by atomic mass is 127. The molecule has 1 unspecified atom stereocenters. The van der Waals surface area contributed by atoms with Gasteiger partial charge in [-0.3, -0.25) is 4.98 Å². The van der Waals surface area contributed by atoms with Crippen LogP contribution in [0.25, 0.3) is 0 Å². The average molecular weight is 389 g/mol. The van der Waals surface area contributed by atoms with E-state index in [1.165, 1.54) is 0 Å². The Labute approximate surface area is 131 Å². The van der Waals surface area contributed by atoms with Crippen LogP contribution < -0.4 is 10.1 Å². The molecular formula is C14H14ClIN2O. The van der Waals surface area contributed by atoms with Gasteiger partial charge in [0.2, 0.25) is 0 Å². The highest BCUT2D eigenvalue weighted by Gasteiger charge is 2.18. The first kappa shape index (κ1) is 14.6. The van der Waals surface area contributed by atoms with Gasteiger partial charge in [0.25, 0.3) is 0 Å². The highest BCUT2D eigenvalue weighted by Crippen LogP contribution is 2.30. The minimum absolute atomic E-state index is 0.0503. The van der Waals surface area contributed by atoms with E-state index in [1.807, 2.05) is 37.4 Å². The summed E-state index contributed by atoms with van der Waals surface area (Å²) in [5, 5.41) is 4.00. The predicted molar refractivity (Wildman–Crippen MR) is 85.9 cm³/mol. The molecule has 2 aromatic rings. The molecule has 3 nitrogen and oxygen atoms in total. The van der Waals surface area contributed by atoms with Crippen LogP contribution in [0.5, 0.6) is 5.75 Å². The van der Waals surface area contributed by atoms with Crippen LogP contribution >= 0.6 is 34.2 Å². The van der Waals surface area contributed by atoms with Gasteiger partial charge < -0.3 is 10.1 Å². The van der Waals surface area contributed by atoms with Crippen molar-refractivity contribution in [1.29, 1.82) is 0 Å². The number of methoxy groups -OCH3 is 1. The summed E-state index contributed by atoms with van der Waals surface area (Å²) in [4.78, 5) is 4.42. The van der Waals surface area contributed by atoms with Gasteiger partial charge >= 0.3 is 0 Å². The lowest BCUT2D eigenvalue weighted by Crippen LogP contribution is -2.19. The fourth-order valence-electron chi connectivity index (χ4n) is 1.95. The molecule has 0 amide bonds. The lowest BCUT2D eigenvalue weighted by atomic mass is 10.0. The first-order valence-corrected chi connectivity index (χ1v) is 7.24. The Kier molecular flexibility index (Phi) is 5.01. The van der Waals surface area contributed by atoms with Crippen LogP contribution in [-0.2, 0) is 0 Å². The maximum absolute atomic E-state index is 6.19. The van der Waals surface area contributed by atoms with Crippen LogP contribution in [0, 0.1) is 3.57 Å². The molecule has 1 aromatic heterocycles. The molecule has 0 spiro atoms. The first-order chi connectivity index (χ1) is 9.17. The molecule has 1 atom stereocenters. The van der Waals surface area contributed by atoms with Gasteiger partial charge in [0.1, 0.15) is 11.4 Å². The van der Waals surface area contributed by atoms with Crippen molar-refractivity contribution >= 4 is 34.2 Å². The molecule has 0 saturated carbocycles. The van der Waals surface area contributed by atoms with Gasteiger partial charge in [-0.1, -0.05) is 17.7 Å². The minimum Gasteiger partial charge on any atom is -0.495 e. The maximum atomic E-state index is 6.19. The molecule has 0 bridgehead atoms. The van der Waals surface area contributed by atoms with Gasteiger partial charge in [0.05, 0.1) is 18.2 Å². The van der Waals surface area contributed by atoms with Gasteiger partial charge in [-0.05, 0) is 59.5 Å². The zero-order valence-electron chi connectivity index (χ0n) is 10.7. The summed E-state index contributed by atoms with van der Waals surface area (Å²) in [6, 6.07) is 9.71. The fraction of sp³-hybridized carbons (Fsp3) is 0.214. The van der Waals surface area contributed by atoms with E-state index in [1.54, 1.807) is 13.3 Å². The molecule has 0 radical (unpaired) electrons. The number of pyridine rings is 1. The van der Waals surface area contributed by atoms with Crippen molar-refractivity contribution < 1.29 is 4.74 Å². The molecule has 0 aliphatic rings. The molecule has 1 aromatic carbocycles. The Balaban J connectivity index is 2.46. The van der Waals surface area contributed by atoms with Crippen LogP contribution in [0.1, 0.15) is 17.3 Å². The molecule has 0 fully saturated rings. The summed E-state index contributed by atoms with van der Waals surface area (Å²) >= 11 is 8.40. The Bertz CT molecular complexity index is 577. The predicted octanol–water partition coefficient (Wildman–Crippen LogP) is 3.66. The molecule has 5 heteroatoms. The maximum Gasteiger partial charge on any atom is 0.142 e. The van der Waals surface area contributed by atoms with Crippen molar-refractivity contribution in [3.8, 4) is 5.75 Å². The van der Waals surface area contributed by atoms with E-state index in [0.717, 1.165) is 25.6 Å². The molecule has 0 saturated heterocycles. The number of rotatable bonds is 4. The number of hydrogen-bond donors (Lipinski definition) is 1. The molecule has 19 heavy (non-hydrogen) atoms. The van der Waals surface area contributed by atoms with E-state index in [2.05, 4.69) is 32.9 Å². The molecule has 0 aliphatic carbocycles. The van der Waals surface area contributed by atoms with Gasteiger partial charge in [-0.2, -0.15) is 0 Å². The van der Waals surface area contributed by atoms with Crippen molar-refractivity contribution in [2.45, 2.75) is 6.04 Å². The third-order valence-corrected chi connectivity index (χ3v) is 4.43. The topological polar surface area (TPSA) is 34.2 Å². The van der Waals surface area contributed by atoms with Crippen molar-refractivity contribution in [2.75, 3.05) is 14.2 Å². The number of aromatic nitrogens is 1. The number of halogens is 2. The van der Waals surface area contributed by atoms with Crippen LogP contribution in [0.15, 0.2) is 36.5 Å². The van der Waals surface area contributed by atoms with E-state index in [0.29, 0.717) is 0 Å². The summed E-state index contributed by atoms with van der Waals surface area (Å²) in [7, 11) is 3.54. The van der Waals surface area contributed by atoms with Crippen LogP contribution in [0.2, 0.25) is 5.02 Å². The summed E-state index contributed by atoms with van der Waals surface area (Å²) in [5.41, 5.74) is 1.91. The highest BCUT2D eigenvalue weighted by molar-refractivity contribution is 14.1. The fourth-order valence-corrected chi connectivity index (χ4v) is 2.47. The summed E-state index contributed by atoms with van der Waals surface area (Å²) < 4.78 is 6.40. The summed E-state index contributed by atoms with van der Waals surface area (Å²) in [6.07, 6.45) is 1.76. The van der Waals surface area contributed by atoms with Gasteiger partial charge in [-0.15, -0.1) is 0 Å². The average Bonchev–Trinajstić information content (AvgIpc) is 2.44. The Hall–Kier alpha value is -0.850. The van der Waals surface area contributed by atoms with Crippen LogP contribution in [0.4, 0.5) is 0 Å². The summed E-state index contributed by atoms with van der Waals surface area (Å²) in [5.74, 6) is 0.761. The van der Waals surface area contributed by atoms with Crippen molar-refractivity contribution in [3.05, 3.63) is 56.4 Å². The van der Waals surface area contributed by atoms with Gasteiger partial charge in [0, 0.05) is 9.77 Å². The third kappa shape index (κ3) is 3.19. The number of hydrogen-bond acceptors (Lipinski definition) is 3. The second kappa shape index (κ2) is 6.54. The van der Waals surface area contributed by atoms with E-state index < -0.39 is 0 Å². The summed E-state index contributed by atoms with van der Waals surface area (Å²) in [6.45, 7) is 0. The molecular weight excluding hydrogens is 375 g/mol. The van der Waals surface area contributed by atoms with Crippen LogP contribution in [-0.4, -0.2) is 19.1 Å². The van der Waals surface area contributed by atoms with E-state index in [-0.39, 0.29) is 6.04 Å². The minimum atomic E-state index is -0.0503. The van der Waals surface area contributed by atoms with Crippen molar-refractivity contribution in [3.63, 3.8) is 0 Å². The SMILES string of the molecule is CNC(c1ccc(I)c(Cl)c1)c1ncccc1OC. The van der Waals surface area contributed by atoms with E-state index >= 15 is 0 Å². The molecule has 1 heterocycles. The zero-order chi connectivity index (χ0) is 13.8. The molecule has 2 rings (SSSR count). The smallest absolute Gasteiger partial charge is 0.142 e. The van der Waals surface area contributed by atoms with Gasteiger partial charge in [-0.25, -0.2) is 0 Å². The normalized spacial score (nSPS) is 12.2. The van der Waals surface area contributed by atoms with Crippen molar-refractivity contribution in [1.82, 2.24) is 10.3 Å². The third-order valence-electron chi connectivity index (χ3n) is 2.86. The Morgan fingerprint density at radius 3 is 2.79 bits per heavy atom. The number of nitrogens with one attached hydrogen (secondary N) is 1.